The van der Waals surface area contributed by atoms with Crippen molar-refractivity contribution in [2.24, 2.45) is 0 Å². The highest BCUT2D eigenvalue weighted by Gasteiger charge is 2.11. The average Bonchev–Trinajstić information content (AvgIpc) is 2.75. The molecule has 20 heavy (non-hydrogen) atoms. The van der Waals surface area contributed by atoms with Crippen molar-refractivity contribution < 1.29 is 4.79 Å². The van der Waals surface area contributed by atoms with E-state index in [0.29, 0.717) is 19.5 Å². The quantitative estimate of drug-likeness (QED) is 0.830. The van der Waals surface area contributed by atoms with E-state index in [0.717, 1.165) is 17.1 Å². The van der Waals surface area contributed by atoms with Crippen LogP contribution in [0.5, 0.6) is 0 Å². The van der Waals surface area contributed by atoms with E-state index in [1.165, 1.54) is 0 Å². The summed E-state index contributed by atoms with van der Waals surface area (Å²) in [7, 11) is 1.82. The summed E-state index contributed by atoms with van der Waals surface area (Å²) < 4.78 is 1.93. The number of aryl methyl sites for hydroxylation is 2. The predicted octanol–water partition coefficient (Wildman–Crippen LogP) is 1.60. The lowest BCUT2D eigenvalue weighted by Crippen LogP contribution is -2.31. The van der Waals surface area contributed by atoms with Gasteiger partial charge in [-0.3, -0.25) is 14.5 Å². The number of carbonyl (C=O) groups is 1. The normalized spacial score (nSPS) is 10.6. The molecule has 2 aromatic heterocycles. The summed E-state index contributed by atoms with van der Waals surface area (Å²) >= 11 is 0. The minimum Gasteiger partial charge on any atom is -0.344 e. The first-order chi connectivity index (χ1) is 9.56. The van der Waals surface area contributed by atoms with Crippen LogP contribution >= 0.6 is 0 Å². The van der Waals surface area contributed by atoms with Crippen molar-refractivity contribution in [2.45, 2.75) is 26.8 Å². The van der Waals surface area contributed by atoms with Crippen LogP contribution in [0.3, 0.4) is 0 Å². The lowest BCUT2D eigenvalue weighted by Gasteiger charge is -2.17. The van der Waals surface area contributed by atoms with Crippen LogP contribution in [0.2, 0.25) is 0 Å². The van der Waals surface area contributed by atoms with E-state index in [9.17, 15) is 4.79 Å². The molecule has 0 aliphatic carbocycles. The molecule has 0 aromatic carbocycles. The molecule has 0 saturated heterocycles. The van der Waals surface area contributed by atoms with Crippen molar-refractivity contribution in [3.8, 4) is 0 Å². The van der Waals surface area contributed by atoms with Crippen LogP contribution in [0, 0.1) is 13.8 Å². The average molecular weight is 272 g/mol. The molecule has 5 nitrogen and oxygen atoms in total. The van der Waals surface area contributed by atoms with Gasteiger partial charge in [-0.15, -0.1) is 0 Å². The molecular weight excluding hydrogens is 252 g/mol. The Bertz CT molecular complexity index is 577. The molecule has 1 amide bonds. The van der Waals surface area contributed by atoms with Crippen molar-refractivity contribution in [3.63, 3.8) is 0 Å². The molecule has 0 saturated carbocycles. The standard InChI is InChI=1S/C15H20N4O/c1-12-10-13(2)19(17-12)9-8-18(3)15(20)11-14-6-4-5-7-16-14/h4-7,10H,8-9,11H2,1-3H3. The number of nitrogens with zero attached hydrogens (tertiary/aromatic N) is 4. The number of amides is 1. The second kappa shape index (κ2) is 6.32. The van der Waals surface area contributed by atoms with Crippen LogP contribution in [0.15, 0.2) is 30.5 Å². The van der Waals surface area contributed by atoms with Crippen LogP contribution in [-0.2, 0) is 17.8 Å². The number of likely N-dealkylation sites (N-methyl/N-ethyl adjacent to an activating group) is 1. The first-order valence-electron chi connectivity index (χ1n) is 6.71. The zero-order chi connectivity index (χ0) is 14.5. The maximum atomic E-state index is 12.1. The number of rotatable bonds is 5. The summed E-state index contributed by atoms with van der Waals surface area (Å²) in [6.45, 7) is 5.35. The number of hydrogen-bond donors (Lipinski definition) is 0. The molecule has 2 aromatic rings. The van der Waals surface area contributed by atoms with Crippen molar-refractivity contribution in [1.29, 1.82) is 0 Å². The molecule has 106 valence electrons. The third kappa shape index (κ3) is 3.66. The lowest BCUT2D eigenvalue weighted by atomic mass is 10.2. The number of aromatic nitrogens is 3. The molecule has 2 rings (SSSR count). The molecule has 0 spiro atoms. The van der Waals surface area contributed by atoms with Gasteiger partial charge < -0.3 is 4.90 Å². The van der Waals surface area contributed by atoms with E-state index in [-0.39, 0.29) is 5.91 Å². The van der Waals surface area contributed by atoms with Gasteiger partial charge in [0.2, 0.25) is 5.91 Å². The van der Waals surface area contributed by atoms with E-state index in [2.05, 4.69) is 10.1 Å². The Kier molecular flexibility index (Phi) is 4.50. The zero-order valence-electron chi connectivity index (χ0n) is 12.2. The van der Waals surface area contributed by atoms with Gasteiger partial charge >= 0.3 is 0 Å². The molecule has 0 unspecified atom stereocenters. The van der Waals surface area contributed by atoms with Crippen LogP contribution < -0.4 is 0 Å². The van der Waals surface area contributed by atoms with E-state index >= 15 is 0 Å². The van der Waals surface area contributed by atoms with E-state index < -0.39 is 0 Å². The van der Waals surface area contributed by atoms with Gasteiger partial charge in [-0.05, 0) is 32.0 Å². The molecule has 0 N–H and O–H groups in total. The van der Waals surface area contributed by atoms with Gasteiger partial charge in [-0.25, -0.2) is 0 Å². The second-order valence-corrected chi connectivity index (χ2v) is 4.96. The van der Waals surface area contributed by atoms with Crippen LogP contribution in [-0.4, -0.2) is 39.2 Å². The number of pyridine rings is 1. The Morgan fingerprint density at radius 1 is 1.35 bits per heavy atom. The minimum atomic E-state index is 0.0743. The molecule has 2 heterocycles. The maximum absolute atomic E-state index is 12.1. The second-order valence-electron chi connectivity index (χ2n) is 4.96. The van der Waals surface area contributed by atoms with Crippen molar-refractivity contribution >= 4 is 5.91 Å². The summed E-state index contributed by atoms with van der Waals surface area (Å²) in [5, 5.41) is 4.39. The molecule has 0 bridgehead atoms. The molecule has 5 heteroatoms. The summed E-state index contributed by atoms with van der Waals surface area (Å²) in [6, 6.07) is 7.65. The third-order valence-electron chi connectivity index (χ3n) is 3.23. The molecule has 0 atom stereocenters. The molecule has 0 radical (unpaired) electrons. The SMILES string of the molecule is Cc1cc(C)n(CCN(C)C(=O)Cc2ccccn2)n1. The van der Waals surface area contributed by atoms with Crippen molar-refractivity contribution in [2.75, 3.05) is 13.6 Å². The molecule has 0 aliphatic rings. The van der Waals surface area contributed by atoms with E-state index in [1.807, 2.05) is 49.8 Å². The topological polar surface area (TPSA) is 51.0 Å². The summed E-state index contributed by atoms with van der Waals surface area (Å²) in [6.07, 6.45) is 2.05. The van der Waals surface area contributed by atoms with Gasteiger partial charge in [0.25, 0.3) is 0 Å². The maximum Gasteiger partial charge on any atom is 0.228 e. The van der Waals surface area contributed by atoms with Crippen LogP contribution in [0.1, 0.15) is 17.1 Å². The van der Waals surface area contributed by atoms with Gasteiger partial charge in [-0.2, -0.15) is 5.10 Å². The van der Waals surface area contributed by atoms with Crippen molar-refractivity contribution in [3.05, 3.63) is 47.5 Å². The Morgan fingerprint density at radius 2 is 2.15 bits per heavy atom. The summed E-state index contributed by atoms with van der Waals surface area (Å²) in [4.78, 5) is 18.0. The predicted molar refractivity (Wildman–Crippen MR) is 77.3 cm³/mol. The highest BCUT2D eigenvalue weighted by atomic mass is 16.2. The first-order valence-corrected chi connectivity index (χ1v) is 6.71. The molecule has 0 aliphatic heterocycles. The summed E-state index contributed by atoms with van der Waals surface area (Å²) in [5.74, 6) is 0.0743. The van der Waals surface area contributed by atoms with Crippen molar-refractivity contribution in [1.82, 2.24) is 19.7 Å². The molecular formula is C15H20N4O. The lowest BCUT2D eigenvalue weighted by molar-refractivity contribution is -0.129. The van der Waals surface area contributed by atoms with Gasteiger partial charge in [0.1, 0.15) is 0 Å². The molecule has 0 fully saturated rings. The number of hydrogen-bond acceptors (Lipinski definition) is 3. The van der Waals surface area contributed by atoms with Gasteiger partial charge in [0, 0.05) is 31.2 Å². The zero-order valence-corrected chi connectivity index (χ0v) is 12.2. The van der Waals surface area contributed by atoms with Crippen LogP contribution in [0.25, 0.3) is 0 Å². The highest BCUT2D eigenvalue weighted by Crippen LogP contribution is 2.03. The van der Waals surface area contributed by atoms with Gasteiger partial charge in [0.15, 0.2) is 0 Å². The fourth-order valence-electron chi connectivity index (χ4n) is 2.06. The van der Waals surface area contributed by atoms with E-state index in [4.69, 9.17) is 0 Å². The fourth-order valence-corrected chi connectivity index (χ4v) is 2.06. The van der Waals surface area contributed by atoms with Crippen LogP contribution in [0.4, 0.5) is 0 Å². The summed E-state index contributed by atoms with van der Waals surface area (Å²) in [5.41, 5.74) is 2.92. The minimum absolute atomic E-state index is 0.0743. The largest absolute Gasteiger partial charge is 0.344 e. The Morgan fingerprint density at radius 3 is 2.75 bits per heavy atom. The Balaban J connectivity index is 1.87. The fraction of sp³-hybridized carbons (Fsp3) is 0.400. The number of carbonyl (C=O) groups excluding carboxylic acids is 1. The van der Waals surface area contributed by atoms with E-state index in [1.54, 1.807) is 11.1 Å². The first kappa shape index (κ1) is 14.2. The monoisotopic (exact) mass is 272 g/mol. The van der Waals surface area contributed by atoms with Gasteiger partial charge in [-0.1, -0.05) is 6.07 Å². The highest BCUT2D eigenvalue weighted by molar-refractivity contribution is 5.77. The smallest absolute Gasteiger partial charge is 0.228 e. The Labute approximate surface area is 119 Å². The van der Waals surface area contributed by atoms with Gasteiger partial charge in [0.05, 0.1) is 18.7 Å². The Hall–Kier alpha value is -2.17. The third-order valence-corrected chi connectivity index (χ3v) is 3.23.